The largest absolute Gasteiger partial charge is 0.504 e. The first kappa shape index (κ1) is 24.7. The number of carboxylic acids is 1. The normalized spacial score (nSPS) is 24.4. The number of carboxylic acid groups (broad SMARTS) is 1. The smallest absolute Gasteiger partial charge is 0.338 e. The van der Waals surface area contributed by atoms with Gasteiger partial charge in [-0.25, -0.2) is 9.59 Å². The highest BCUT2D eigenvalue weighted by Crippen LogP contribution is 2.39. The number of hydrogen-bond acceptors (Lipinski definition) is 13. The number of hydrogen-bond donors (Lipinski definition) is 9. The molecule has 34 heavy (non-hydrogen) atoms. The zero-order valence-corrected chi connectivity index (χ0v) is 17.0. The summed E-state index contributed by atoms with van der Waals surface area (Å²) in [6.45, 7) is -0.734. The second-order valence-electron chi connectivity index (χ2n) is 7.24. The minimum atomic E-state index is -1.97. The molecule has 0 amide bonds. The Morgan fingerprint density at radius 1 is 0.824 bits per heavy atom. The Morgan fingerprint density at radius 2 is 1.35 bits per heavy atom. The molecular weight excluding hydrogens is 464 g/mol. The Hall–Kier alpha value is -3.98. The molecule has 0 spiro atoms. The van der Waals surface area contributed by atoms with Gasteiger partial charge in [-0.2, -0.15) is 0 Å². The van der Waals surface area contributed by atoms with E-state index in [4.69, 9.17) is 19.3 Å². The highest BCUT2D eigenvalue weighted by atomic mass is 16.7. The van der Waals surface area contributed by atoms with Gasteiger partial charge in [0.05, 0.1) is 11.1 Å². The average Bonchev–Trinajstić information content (AvgIpc) is 2.77. The molecule has 184 valence electrons. The van der Waals surface area contributed by atoms with Gasteiger partial charge in [0.25, 0.3) is 0 Å². The van der Waals surface area contributed by atoms with E-state index in [2.05, 4.69) is 0 Å². The molecule has 0 bridgehead atoms. The van der Waals surface area contributed by atoms with Crippen molar-refractivity contribution in [2.45, 2.75) is 30.7 Å². The van der Waals surface area contributed by atoms with Gasteiger partial charge in [-0.3, -0.25) is 0 Å². The van der Waals surface area contributed by atoms with Crippen LogP contribution in [0.4, 0.5) is 0 Å². The number of esters is 1. The quantitative estimate of drug-likeness (QED) is 0.176. The van der Waals surface area contributed by atoms with Gasteiger partial charge in [-0.05, 0) is 24.3 Å². The van der Waals surface area contributed by atoms with Crippen LogP contribution in [0.1, 0.15) is 20.7 Å². The van der Waals surface area contributed by atoms with Crippen molar-refractivity contribution in [1.82, 2.24) is 0 Å². The van der Waals surface area contributed by atoms with E-state index >= 15 is 0 Å². The van der Waals surface area contributed by atoms with Gasteiger partial charge < -0.3 is 60.2 Å². The summed E-state index contributed by atoms with van der Waals surface area (Å²) in [7, 11) is 0. The Kier molecular flexibility index (Phi) is 6.88. The molecule has 0 saturated carbocycles. The van der Waals surface area contributed by atoms with Gasteiger partial charge in [0.15, 0.2) is 41.1 Å². The summed E-state index contributed by atoms with van der Waals surface area (Å²) in [5.74, 6) is -7.44. The number of phenols is 5. The number of carbonyl (C=O) groups is 2. The molecule has 14 nitrogen and oxygen atoms in total. The lowest BCUT2D eigenvalue weighted by atomic mass is 9.99. The summed E-state index contributed by atoms with van der Waals surface area (Å²) in [6, 6.07) is 3.08. The van der Waals surface area contributed by atoms with Gasteiger partial charge in [0, 0.05) is 0 Å². The molecule has 1 aliphatic heterocycles. The molecule has 1 saturated heterocycles. The molecule has 9 N–H and O–H groups in total. The van der Waals surface area contributed by atoms with Crippen LogP contribution in [0.25, 0.3) is 0 Å². The van der Waals surface area contributed by atoms with Crippen molar-refractivity contribution < 1.29 is 69.8 Å². The van der Waals surface area contributed by atoms with Crippen molar-refractivity contribution in [2.24, 2.45) is 0 Å². The third-order valence-corrected chi connectivity index (χ3v) is 4.90. The topological polar surface area (TPSA) is 244 Å². The second kappa shape index (κ2) is 9.48. The third-order valence-electron chi connectivity index (χ3n) is 4.90. The van der Waals surface area contributed by atoms with Gasteiger partial charge >= 0.3 is 11.9 Å². The first-order valence-corrected chi connectivity index (χ1v) is 9.48. The van der Waals surface area contributed by atoms with Gasteiger partial charge in [-0.1, -0.05) is 0 Å². The SMILES string of the molecule is O=C(O)c1cc(O)c(OC2C(O)C(O)OC(COC(=O)c3cc(O)c(O)c(O)c3)C2O)c(O)c1. The van der Waals surface area contributed by atoms with Crippen LogP contribution in [0.5, 0.6) is 34.5 Å². The molecule has 1 heterocycles. The molecule has 0 radical (unpaired) electrons. The maximum atomic E-state index is 12.2. The second-order valence-corrected chi connectivity index (χ2v) is 7.24. The van der Waals surface area contributed by atoms with Crippen molar-refractivity contribution >= 4 is 11.9 Å². The molecule has 0 aromatic heterocycles. The molecule has 1 aliphatic rings. The Morgan fingerprint density at radius 3 is 1.88 bits per heavy atom. The number of phenolic OH excluding ortho intramolecular Hbond substituents is 5. The van der Waals surface area contributed by atoms with Gasteiger partial charge in [-0.15, -0.1) is 0 Å². The molecule has 14 heteroatoms. The standard InChI is InChI=1S/C20H20O14/c21-8-3-7(4-9(22)13(8)25)19(30)32-5-12-14(26)17(15(27)20(31)33-12)34-16-10(23)1-6(18(28)29)2-11(16)24/h1-4,12,14-15,17,20-27,31H,5H2,(H,28,29). The van der Waals surface area contributed by atoms with Crippen LogP contribution in [-0.4, -0.2) is 95.2 Å². The number of rotatable bonds is 6. The summed E-state index contributed by atoms with van der Waals surface area (Å²) < 4.78 is 15.2. The Balaban J connectivity index is 1.75. The minimum absolute atomic E-state index is 0.375. The van der Waals surface area contributed by atoms with Crippen LogP contribution < -0.4 is 4.74 Å². The van der Waals surface area contributed by atoms with Crippen molar-refractivity contribution in [3.05, 3.63) is 35.4 Å². The Bertz CT molecular complexity index is 1050. The molecule has 2 aromatic carbocycles. The average molecular weight is 484 g/mol. The van der Waals surface area contributed by atoms with Gasteiger partial charge in [0.2, 0.25) is 5.75 Å². The van der Waals surface area contributed by atoms with Crippen molar-refractivity contribution in [1.29, 1.82) is 0 Å². The maximum Gasteiger partial charge on any atom is 0.338 e. The van der Waals surface area contributed by atoms with E-state index in [1.54, 1.807) is 0 Å². The molecule has 5 atom stereocenters. The van der Waals surface area contributed by atoms with E-state index in [9.17, 15) is 50.4 Å². The fourth-order valence-electron chi connectivity index (χ4n) is 3.14. The van der Waals surface area contributed by atoms with E-state index < -0.39 is 89.3 Å². The van der Waals surface area contributed by atoms with E-state index in [-0.39, 0.29) is 5.56 Å². The molecule has 3 rings (SSSR count). The predicted octanol–water partition coefficient (Wildman–Crippen LogP) is -1.04. The number of aromatic carboxylic acids is 1. The van der Waals surface area contributed by atoms with E-state index in [1.807, 2.05) is 0 Å². The highest BCUT2D eigenvalue weighted by molar-refractivity contribution is 5.91. The van der Waals surface area contributed by atoms with Crippen LogP contribution in [0.2, 0.25) is 0 Å². The summed E-state index contributed by atoms with van der Waals surface area (Å²) in [4.78, 5) is 23.2. The van der Waals surface area contributed by atoms with Crippen LogP contribution in [0.15, 0.2) is 24.3 Å². The minimum Gasteiger partial charge on any atom is -0.504 e. The van der Waals surface area contributed by atoms with E-state index in [0.29, 0.717) is 0 Å². The lowest BCUT2D eigenvalue weighted by Crippen LogP contribution is -2.60. The van der Waals surface area contributed by atoms with Crippen LogP contribution in [0, 0.1) is 0 Å². The van der Waals surface area contributed by atoms with Crippen LogP contribution in [0.3, 0.4) is 0 Å². The fourth-order valence-corrected chi connectivity index (χ4v) is 3.14. The highest BCUT2D eigenvalue weighted by Gasteiger charge is 2.46. The molecule has 2 aromatic rings. The monoisotopic (exact) mass is 484 g/mol. The third kappa shape index (κ3) is 4.84. The van der Waals surface area contributed by atoms with Crippen molar-refractivity contribution in [3.63, 3.8) is 0 Å². The first-order chi connectivity index (χ1) is 15.9. The molecule has 1 fully saturated rings. The zero-order chi connectivity index (χ0) is 25.3. The number of ether oxygens (including phenoxy) is 3. The fraction of sp³-hybridized carbons (Fsp3) is 0.300. The van der Waals surface area contributed by atoms with E-state index in [0.717, 1.165) is 24.3 Å². The lowest BCUT2D eigenvalue weighted by Gasteiger charge is -2.40. The molecular formula is C20H20O14. The summed E-state index contributed by atoms with van der Waals surface area (Å²) >= 11 is 0. The summed E-state index contributed by atoms with van der Waals surface area (Å²) in [6.07, 6.45) is -8.95. The molecule has 5 unspecified atom stereocenters. The summed E-state index contributed by atoms with van der Waals surface area (Å²) in [5.41, 5.74) is -0.855. The Labute approximate surface area is 189 Å². The number of aliphatic hydroxyl groups excluding tert-OH is 3. The maximum absolute atomic E-state index is 12.2. The first-order valence-electron chi connectivity index (χ1n) is 9.48. The summed E-state index contributed by atoms with van der Waals surface area (Å²) in [5, 5.41) is 87.9. The zero-order valence-electron chi connectivity index (χ0n) is 17.0. The van der Waals surface area contributed by atoms with Crippen LogP contribution >= 0.6 is 0 Å². The number of carbonyl (C=O) groups excluding carboxylic acids is 1. The van der Waals surface area contributed by atoms with Gasteiger partial charge in [0.1, 0.15) is 24.9 Å². The van der Waals surface area contributed by atoms with Crippen molar-refractivity contribution in [3.8, 4) is 34.5 Å². The predicted molar refractivity (Wildman–Crippen MR) is 106 cm³/mol. The number of aliphatic hydroxyl groups is 3. The number of benzene rings is 2. The van der Waals surface area contributed by atoms with E-state index in [1.165, 1.54) is 0 Å². The molecule has 0 aliphatic carbocycles. The number of aromatic hydroxyl groups is 5. The lowest BCUT2D eigenvalue weighted by molar-refractivity contribution is -0.281. The van der Waals surface area contributed by atoms with Crippen molar-refractivity contribution in [2.75, 3.05) is 6.61 Å². The van der Waals surface area contributed by atoms with Crippen LogP contribution in [-0.2, 0) is 9.47 Å².